The van der Waals surface area contributed by atoms with E-state index in [2.05, 4.69) is 36.6 Å². The summed E-state index contributed by atoms with van der Waals surface area (Å²) in [6.45, 7) is 0.0499. The van der Waals surface area contributed by atoms with Crippen LogP contribution in [0.15, 0.2) is 24.3 Å². The third kappa shape index (κ3) is 25.6. The minimum Gasteiger partial charge on any atom is -0.481 e. The molecule has 1 aromatic rings. The van der Waals surface area contributed by atoms with Gasteiger partial charge in [0.25, 0.3) is 0 Å². The van der Waals surface area contributed by atoms with Crippen LogP contribution in [0.4, 0.5) is 14.4 Å². The third-order valence-corrected chi connectivity index (χ3v) is 10.7. The van der Waals surface area contributed by atoms with Crippen molar-refractivity contribution in [3.63, 3.8) is 0 Å². The number of hydrogen-bond donors (Lipinski definition) is 14. The van der Waals surface area contributed by atoms with Crippen LogP contribution in [0, 0.1) is 0 Å². The molecule has 0 radical (unpaired) electrons. The topological polar surface area (TPSA) is 446 Å². The predicted molar refractivity (Wildman–Crippen MR) is 224 cm³/mol. The highest BCUT2D eigenvalue weighted by atomic mass is 33.1. The highest BCUT2D eigenvalue weighted by molar-refractivity contribution is 8.76. The quantitative estimate of drug-likeness (QED) is 0.0281. The number of amides is 8. The van der Waals surface area contributed by atoms with Gasteiger partial charge in [-0.05, 0) is 36.8 Å². The molecule has 5 atom stereocenters. The molecule has 0 bridgehead atoms. The summed E-state index contributed by atoms with van der Waals surface area (Å²) in [5.41, 5.74) is 5.81. The third-order valence-electron chi connectivity index (χ3n) is 8.29. The van der Waals surface area contributed by atoms with Crippen LogP contribution in [0.2, 0.25) is 0 Å². The molecule has 0 aliphatic rings. The number of carboxylic acids is 6. The van der Waals surface area contributed by atoms with Crippen molar-refractivity contribution in [2.45, 2.75) is 88.1 Å². The van der Waals surface area contributed by atoms with Crippen molar-refractivity contribution < 1.29 is 92.9 Å². The van der Waals surface area contributed by atoms with Crippen molar-refractivity contribution >= 4 is 93.3 Å². The van der Waals surface area contributed by atoms with Crippen molar-refractivity contribution in [3.05, 3.63) is 35.4 Å². The van der Waals surface area contributed by atoms with Gasteiger partial charge in [0, 0.05) is 31.0 Å². The van der Waals surface area contributed by atoms with E-state index in [9.17, 15) is 78.0 Å². The Morgan fingerprint density at radius 2 is 1.09 bits per heavy atom. The molecule has 0 unspecified atom stereocenters. The standard InChI is InChI=1S/C36H50N8O19S2/c37-34(60)63-11-12-64-65-17-24(33(58)59)42-30(53)23(15-28(50)51)41-29(52)22(14-27(48)49)40-25(45)13-18-4-6-19(7-5-18)16-39-35(61)38-10-2-1-3-20(31(54)55)43-36(62)44-21(32(56)57)8-9-26(46)47/h4-7,20-24H,1-3,8-17H2,(H2,37,60)(H,40,45)(H,41,52)(H,42,53)(H,46,47)(H,48,49)(H,50,51)(H,54,55)(H,56,57)(H,58,59)(H2,38,39,61)(H2,43,44,62)/t20-,21+,22+,23+,24-/m1/s1. The molecular formula is C36H50N8O19S2. The number of carboxylic acid groups (broad SMARTS) is 6. The summed E-state index contributed by atoms with van der Waals surface area (Å²) < 4.78 is 4.54. The number of nitrogens with two attached hydrogens (primary N) is 1. The number of unbranched alkanes of at least 4 members (excludes halogenated alkanes) is 1. The summed E-state index contributed by atoms with van der Waals surface area (Å²) in [5, 5.41) is 71.3. The normalized spacial score (nSPS) is 12.9. The lowest BCUT2D eigenvalue weighted by molar-refractivity contribution is -0.144. The van der Waals surface area contributed by atoms with E-state index < -0.39 is 128 Å². The molecule has 0 fully saturated rings. The molecule has 0 saturated heterocycles. The summed E-state index contributed by atoms with van der Waals surface area (Å²) in [6, 6.07) is -3.80. The number of ether oxygens (including phenoxy) is 1. The molecule has 8 amide bonds. The Kier molecular flexibility index (Phi) is 25.9. The molecule has 15 N–H and O–H groups in total. The number of urea groups is 2. The van der Waals surface area contributed by atoms with Gasteiger partial charge in [-0.25, -0.2) is 28.8 Å². The van der Waals surface area contributed by atoms with E-state index >= 15 is 0 Å². The van der Waals surface area contributed by atoms with Crippen LogP contribution in [-0.2, 0) is 60.9 Å². The van der Waals surface area contributed by atoms with Gasteiger partial charge in [0.2, 0.25) is 17.7 Å². The van der Waals surface area contributed by atoms with Crippen LogP contribution in [0.1, 0.15) is 56.1 Å². The number of benzene rings is 1. The second-order valence-electron chi connectivity index (χ2n) is 13.5. The van der Waals surface area contributed by atoms with E-state index in [1.165, 1.54) is 12.1 Å². The van der Waals surface area contributed by atoms with Crippen molar-refractivity contribution in [3.8, 4) is 0 Å². The minimum atomic E-state index is -1.88. The lowest BCUT2D eigenvalue weighted by Crippen LogP contribution is -2.57. The van der Waals surface area contributed by atoms with Crippen LogP contribution in [0.3, 0.4) is 0 Å². The van der Waals surface area contributed by atoms with Gasteiger partial charge in [-0.15, -0.1) is 0 Å². The highest BCUT2D eigenvalue weighted by Crippen LogP contribution is 2.22. The van der Waals surface area contributed by atoms with Crippen molar-refractivity contribution in [2.24, 2.45) is 5.73 Å². The number of aliphatic carboxylic acids is 6. The van der Waals surface area contributed by atoms with E-state index in [0.29, 0.717) is 11.1 Å². The van der Waals surface area contributed by atoms with E-state index in [1.807, 2.05) is 5.32 Å². The second-order valence-corrected chi connectivity index (χ2v) is 16.1. The zero-order chi connectivity index (χ0) is 49.1. The lowest BCUT2D eigenvalue weighted by Gasteiger charge is -2.23. The summed E-state index contributed by atoms with van der Waals surface area (Å²) in [6.07, 6.45) is -3.95. The summed E-state index contributed by atoms with van der Waals surface area (Å²) in [4.78, 5) is 142. The van der Waals surface area contributed by atoms with Gasteiger partial charge in [0.05, 0.1) is 19.3 Å². The number of carbonyl (C=O) groups excluding carboxylic acids is 6. The number of primary amides is 1. The lowest BCUT2D eigenvalue weighted by atomic mass is 10.1. The van der Waals surface area contributed by atoms with Gasteiger partial charge in [0.1, 0.15) is 36.8 Å². The van der Waals surface area contributed by atoms with Gasteiger partial charge in [-0.3, -0.25) is 28.8 Å². The van der Waals surface area contributed by atoms with Crippen molar-refractivity contribution in [1.29, 1.82) is 0 Å². The summed E-state index contributed by atoms with van der Waals surface area (Å²) >= 11 is 0. The fraction of sp³-hybridized carbons (Fsp3) is 0.500. The first-order chi connectivity index (χ1) is 30.6. The molecule has 1 rings (SSSR count). The first kappa shape index (κ1) is 56.0. The number of carbonyl (C=O) groups is 12. The maximum absolute atomic E-state index is 13.1. The zero-order valence-electron chi connectivity index (χ0n) is 34.3. The van der Waals surface area contributed by atoms with Gasteiger partial charge in [0.15, 0.2) is 0 Å². The smallest absolute Gasteiger partial charge is 0.404 e. The molecule has 0 aliphatic carbocycles. The Morgan fingerprint density at radius 3 is 1.62 bits per heavy atom. The average Bonchev–Trinajstić information content (AvgIpc) is 3.20. The number of nitrogens with one attached hydrogen (secondary N) is 7. The molecular weight excluding hydrogens is 913 g/mol. The SMILES string of the molecule is NC(=O)OCCSSC[C@@H](NC(=O)[C@H](CC(=O)O)NC(=O)[C@H](CC(=O)O)NC(=O)Cc1ccc(CNC(=O)NCCCC[C@@H](NC(=O)N[C@@H](CCC(=O)O)C(=O)O)C(=O)O)cc1)C(=O)O. The number of hydrogen-bond acceptors (Lipinski definition) is 15. The van der Waals surface area contributed by atoms with Crippen molar-refractivity contribution in [1.82, 2.24) is 37.2 Å². The number of rotatable bonds is 32. The fourth-order valence-corrected chi connectivity index (χ4v) is 7.09. The Balaban J connectivity index is 2.67. The first-order valence-electron chi connectivity index (χ1n) is 19.1. The van der Waals surface area contributed by atoms with E-state index in [1.54, 1.807) is 12.1 Å². The second kappa shape index (κ2) is 30.1. The molecule has 360 valence electrons. The first-order valence-corrected chi connectivity index (χ1v) is 21.6. The van der Waals surface area contributed by atoms with Crippen LogP contribution in [0.25, 0.3) is 0 Å². The molecule has 0 aromatic heterocycles. The fourth-order valence-electron chi connectivity index (χ4n) is 5.11. The highest BCUT2D eigenvalue weighted by Gasteiger charge is 2.32. The zero-order valence-corrected chi connectivity index (χ0v) is 35.9. The van der Waals surface area contributed by atoms with E-state index in [4.69, 9.17) is 15.9 Å². The Hall–Kier alpha value is -7.04. The molecule has 0 spiro atoms. The molecule has 29 heteroatoms. The molecule has 1 aromatic carbocycles. The van der Waals surface area contributed by atoms with Crippen molar-refractivity contribution in [2.75, 3.05) is 24.7 Å². The summed E-state index contributed by atoms with van der Waals surface area (Å²) in [7, 11) is 2.05. The predicted octanol–water partition coefficient (Wildman–Crippen LogP) is -1.77. The monoisotopic (exact) mass is 962 g/mol. The molecule has 0 saturated carbocycles. The maximum atomic E-state index is 13.1. The van der Waals surface area contributed by atoms with Crippen LogP contribution in [-0.4, -0.2) is 157 Å². The Bertz CT molecular complexity index is 1870. The largest absolute Gasteiger partial charge is 0.481 e. The van der Waals surface area contributed by atoms with Gasteiger partial charge >= 0.3 is 54.0 Å². The van der Waals surface area contributed by atoms with Crippen LogP contribution < -0.4 is 43.0 Å². The van der Waals surface area contributed by atoms with E-state index in [-0.39, 0.29) is 56.9 Å². The van der Waals surface area contributed by atoms with E-state index in [0.717, 1.165) is 21.6 Å². The molecule has 65 heavy (non-hydrogen) atoms. The Labute approximate surface area is 376 Å². The van der Waals surface area contributed by atoms with Crippen LogP contribution >= 0.6 is 21.6 Å². The minimum absolute atomic E-state index is 0.0209. The maximum Gasteiger partial charge on any atom is 0.404 e. The van der Waals surface area contributed by atoms with Gasteiger partial charge in [-0.2, -0.15) is 0 Å². The Morgan fingerprint density at radius 1 is 0.569 bits per heavy atom. The van der Waals surface area contributed by atoms with Gasteiger partial charge < -0.3 is 78.3 Å². The van der Waals surface area contributed by atoms with Crippen LogP contribution in [0.5, 0.6) is 0 Å². The van der Waals surface area contributed by atoms with Gasteiger partial charge in [-0.1, -0.05) is 45.9 Å². The summed E-state index contributed by atoms with van der Waals surface area (Å²) in [5.74, 6) is -12.2. The molecule has 27 nitrogen and oxygen atoms in total. The average molecular weight is 963 g/mol. The molecule has 0 heterocycles. The molecule has 0 aliphatic heterocycles.